The number of amidine groups is 1. The predicted molar refractivity (Wildman–Crippen MR) is 15.6 cm³/mol. The fraction of sp³-hybridized carbons (Fsp3) is 0. The first-order valence-corrected chi connectivity index (χ1v) is 0.925. The lowest BCUT2D eigenvalue weighted by molar-refractivity contribution is -0.157. The molecule has 0 heterocycles. The minimum absolute atomic E-state index is 0.690. The lowest BCUT2D eigenvalue weighted by Crippen LogP contribution is -2.10. The van der Waals surface area contributed by atoms with E-state index >= 15 is 0 Å². The Labute approximate surface area is 28.6 Å². The van der Waals surface area contributed by atoms with Gasteiger partial charge in [0.15, 0.2) is 0 Å². The standard InChI is InChI=1S/CH4N2O2/c2-1(3)5-4/h4H,(H3,2,3). The molecule has 0 spiro atoms. The van der Waals surface area contributed by atoms with Crippen LogP contribution in [0.3, 0.4) is 0 Å². The van der Waals surface area contributed by atoms with Crippen molar-refractivity contribution in [3.63, 3.8) is 0 Å². The molecule has 0 aromatic rings. The fourth-order valence-electron chi connectivity index (χ4n) is 0. The van der Waals surface area contributed by atoms with E-state index in [0.29, 0.717) is 0 Å². The second kappa shape index (κ2) is 1.54. The van der Waals surface area contributed by atoms with Crippen LogP contribution in [0, 0.1) is 5.41 Å². The second-order valence-corrected chi connectivity index (χ2v) is 0.456. The Morgan fingerprint density at radius 2 is 2.20 bits per heavy atom. The van der Waals surface area contributed by atoms with Crippen molar-refractivity contribution < 1.29 is 10.1 Å². The molecule has 0 atom stereocenters. The van der Waals surface area contributed by atoms with E-state index in [-0.39, 0.29) is 0 Å². The normalized spacial score (nSPS) is 6.60. The Morgan fingerprint density at radius 1 is 2.00 bits per heavy atom. The average molecular weight is 76.1 g/mol. The summed E-state index contributed by atoms with van der Waals surface area (Å²) < 4.78 is 0. The van der Waals surface area contributed by atoms with Gasteiger partial charge in [-0.25, -0.2) is 5.41 Å². The lowest BCUT2D eigenvalue weighted by atomic mass is 11.2. The van der Waals surface area contributed by atoms with Gasteiger partial charge in [-0.1, -0.05) is 0 Å². The summed E-state index contributed by atoms with van der Waals surface area (Å²) in [6, 6.07) is -0.690. The summed E-state index contributed by atoms with van der Waals surface area (Å²) in [7, 11) is 0. The monoisotopic (exact) mass is 76.0 g/mol. The molecule has 0 aromatic carbocycles. The SMILES string of the molecule is N=C(N)OO. The van der Waals surface area contributed by atoms with Crippen molar-refractivity contribution in [3.05, 3.63) is 0 Å². The van der Waals surface area contributed by atoms with Crippen LogP contribution in [0.5, 0.6) is 0 Å². The zero-order valence-electron chi connectivity index (χ0n) is 2.43. The first-order chi connectivity index (χ1) is 2.27. The number of hydrogen-bond donors (Lipinski definition) is 3. The zero-order valence-corrected chi connectivity index (χ0v) is 2.43. The van der Waals surface area contributed by atoms with E-state index in [1.807, 2.05) is 0 Å². The highest BCUT2D eigenvalue weighted by molar-refractivity contribution is 5.66. The zero-order chi connectivity index (χ0) is 4.28. The molecule has 0 aliphatic rings. The van der Waals surface area contributed by atoms with Crippen molar-refractivity contribution in [3.8, 4) is 0 Å². The molecule has 0 aliphatic carbocycles. The van der Waals surface area contributed by atoms with Gasteiger partial charge in [-0.15, -0.1) is 0 Å². The van der Waals surface area contributed by atoms with Crippen LogP contribution in [0.15, 0.2) is 0 Å². The summed E-state index contributed by atoms with van der Waals surface area (Å²) in [4.78, 5) is 3.11. The van der Waals surface area contributed by atoms with Crippen LogP contribution < -0.4 is 5.73 Å². The summed E-state index contributed by atoms with van der Waals surface area (Å²) >= 11 is 0. The van der Waals surface area contributed by atoms with Crippen LogP contribution >= 0.6 is 0 Å². The van der Waals surface area contributed by atoms with Crippen molar-refractivity contribution in [2.45, 2.75) is 0 Å². The number of nitrogens with one attached hydrogen (secondary N) is 1. The van der Waals surface area contributed by atoms with Crippen LogP contribution in [-0.4, -0.2) is 11.3 Å². The molecule has 5 heavy (non-hydrogen) atoms. The van der Waals surface area contributed by atoms with Crippen molar-refractivity contribution in [2.75, 3.05) is 0 Å². The molecule has 0 fully saturated rings. The maximum atomic E-state index is 7.29. The van der Waals surface area contributed by atoms with E-state index in [1.165, 1.54) is 0 Å². The van der Waals surface area contributed by atoms with Crippen molar-refractivity contribution in [2.24, 2.45) is 5.73 Å². The average Bonchev–Trinajstić information content (AvgIpc) is 1.38. The van der Waals surface area contributed by atoms with Crippen LogP contribution in [0.4, 0.5) is 0 Å². The Bertz CT molecular complexity index is 42.9. The Morgan fingerprint density at radius 3 is 2.20 bits per heavy atom. The first-order valence-electron chi connectivity index (χ1n) is 0.925. The number of hydrogen-bond acceptors (Lipinski definition) is 3. The molecule has 0 aliphatic heterocycles. The largest absolute Gasteiger partial charge is 0.351 e. The highest BCUT2D eigenvalue weighted by Gasteiger charge is 1.72. The molecule has 4 heteroatoms. The van der Waals surface area contributed by atoms with Gasteiger partial charge >= 0.3 is 6.02 Å². The van der Waals surface area contributed by atoms with Gasteiger partial charge in [0, 0.05) is 0 Å². The molecule has 0 aromatic heterocycles. The molecular formula is CH4N2O2. The predicted octanol–water partition coefficient (Wildman–Crippen LogP) is -0.631. The van der Waals surface area contributed by atoms with Gasteiger partial charge in [0.1, 0.15) is 0 Å². The van der Waals surface area contributed by atoms with Crippen LogP contribution in [-0.2, 0) is 4.89 Å². The van der Waals surface area contributed by atoms with E-state index in [9.17, 15) is 0 Å². The molecule has 0 saturated heterocycles. The third-order valence-corrected chi connectivity index (χ3v) is 0.0983. The fourth-order valence-corrected chi connectivity index (χ4v) is 0. The van der Waals surface area contributed by atoms with Crippen molar-refractivity contribution >= 4 is 6.02 Å². The lowest BCUT2D eigenvalue weighted by Gasteiger charge is -1.81. The highest BCUT2D eigenvalue weighted by atomic mass is 17.1. The van der Waals surface area contributed by atoms with Gasteiger partial charge in [-0.2, -0.15) is 5.26 Å². The topological polar surface area (TPSA) is 79.3 Å². The quantitative estimate of drug-likeness (QED) is 0.155. The van der Waals surface area contributed by atoms with E-state index in [2.05, 4.69) is 10.6 Å². The third-order valence-electron chi connectivity index (χ3n) is 0.0983. The maximum Gasteiger partial charge on any atom is 0.316 e. The molecule has 4 N–H and O–H groups in total. The molecule has 0 bridgehead atoms. The van der Waals surface area contributed by atoms with Crippen LogP contribution in [0.1, 0.15) is 0 Å². The van der Waals surface area contributed by atoms with E-state index < -0.39 is 6.02 Å². The van der Waals surface area contributed by atoms with E-state index in [4.69, 9.17) is 10.7 Å². The third kappa shape index (κ3) is 3.23. The summed E-state index contributed by atoms with van der Waals surface area (Å²) in [5.74, 6) is 0. The molecule has 0 rings (SSSR count). The van der Waals surface area contributed by atoms with Gasteiger partial charge in [0.05, 0.1) is 0 Å². The Kier molecular flexibility index (Phi) is 1.30. The van der Waals surface area contributed by atoms with Gasteiger partial charge in [0.25, 0.3) is 0 Å². The molecular weight excluding hydrogens is 72.0 g/mol. The number of nitrogens with two attached hydrogens (primary N) is 1. The minimum Gasteiger partial charge on any atom is -0.351 e. The smallest absolute Gasteiger partial charge is 0.316 e. The minimum atomic E-state index is -0.690. The molecule has 0 unspecified atom stereocenters. The van der Waals surface area contributed by atoms with Crippen LogP contribution in [0.2, 0.25) is 0 Å². The van der Waals surface area contributed by atoms with Gasteiger partial charge in [0.2, 0.25) is 0 Å². The van der Waals surface area contributed by atoms with E-state index in [0.717, 1.165) is 0 Å². The van der Waals surface area contributed by atoms with Gasteiger partial charge in [-0.05, 0) is 0 Å². The van der Waals surface area contributed by atoms with Crippen LogP contribution in [0.25, 0.3) is 0 Å². The summed E-state index contributed by atoms with van der Waals surface area (Å²) in [6.45, 7) is 0. The van der Waals surface area contributed by atoms with Crippen molar-refractivity contribution in [1.29, 1.82) is 5.41 Å². The maximum absolute atomic E-state index is 7.29. The Hall–Kier alpha value is -0.770. The van der Waals surface area contributed by atoms with Crippen molar-refractivity contribution in [1.82, 2.24) is 0 Å². The molecule has 30 valence electrons. The number of rotatable bonds is 0. The molecule has 0 amide bonds. The highest BCUT2D eigenvalue weighted by Crippen LogP contribution is 1.49. The molecule has 4 nitrogen and oxygen atoms in total. The second-order valence-electron chi connectivity index (χ2n) is 0.456. The van der Waals surface area contributed by atoms with Gasteiger partial charge in [-0.3, -0.25) is 0 Å². The first kappa shape index (κ1) is 4.23. The summed E-state index contributed by atoms with van der Waals surface area (Å²) in [6.07, 6.45) is 0. The Balaban J connectivity index is 2.85. The summed E-state index contributed by atoms with van der Waals surface area (Å²) in [5.41, 5.74) is 4.40. The van der Waals surface area contributed by atoms with Gasteiger partial charge < -0.3 is 10.6 Å². The van der Waals surface area contributed by atoms with E-state index in [1.54, 1.807) is 0 Å². The molecule has 0 saturated carbocycles. The molecule has 0 radical (unpaired) electrons. The summed E-state index contributed by atoms with van der Waals surface area (Å²) in [5, 5.41) is 13.3.